The summed E-state index contributed by atoms with van der Waals surface area (Å²) in [5, 5.41) is 6.46. The number of aromatic nitrogens is 1. The summed E-state index contributed by atoms with van der Waals surface area (Å²) in [6, 6.07) is 19.1. The quantitative estimate of drug-likeness (QED) is 0.146. The van der Waals surface area contributed by atoms with E-state index in [-0.39, 0.29) is 25.9 Å². The van der Waals surface area contributed by atoms with E-state index in [1.54, 1.807) is 17.8 Å². The first kappa shape index (κ1) is 19.4. The monoisotopic (exact) mass is 585 g/mol. The zero-order valence-corrected chi connectivity index (χ0v) is 19.3. The van der Waals surface area contributed by atoms with E-state index in [1.165, 1.54) is 6.07 Å². The standard InChI is InChI=1S/C26H15FNS.Ir/c1-3-15-11-23-22(10-14(15)2)26-25-19(8-9-28-26)18-7-5-16-4-6-17(27)12-20(16)21(18)13-24(25)29-23;/h3-9,11-13H,1H2,2H3;/q-1;. The third kappa shape index (κ3) is 2.68. The maximum atomic E-state index is 14.0. The normalized spacial score (nSPS) is 12.1. The number of hydrogen-bond acceptors (Lipinski definition) is 2. The molecule has 0 unspecified atom stereocenters. The molecule has 0 fully saturated rings. The van der Waals surface area contributed by atoms with Crippen molar-refractivity contribution in [3.8, 4) is 11.3 Å². The molecule has 1 nitrogen and oxygen atoms in total. The number of halogens is 1. The molecule has 1 radical (unpaired) electrons. The van der Waals surface area contributed by atoms with Crippen molar-refractivity contribution in [2.24, 2.45) is 0 Å². The van der Waals surface area contributed by atoms with Crippen LogP contribution >= 0.6 is 11.8 Å². The fourth-order valence-corrected chi connectivity index (χ4v) is 5.50. The molecule has 6 rings (SSSR count). The molecule has 0 aliphatic carbocycles. The van der Waals surface area contributed by atoms with Crippen molar-refractivity contribution in [1.82, 2.24) is 4.98 Å². The van der Waals surface area contributed by atoms with Gasteiger partial charge in [-0.3, -0.25) is 0 Å². The van der Waals surface area contributed by atoms with Gasteiger partial charge in [0.05, 0.1) is 0 Å². The van der Waals surface area contributed by atoms with E-state index in [2.05, 4.69) is 49.9 Å². The Bertz CT molecular complexity index is 1520. The largest absolute Gasteiger partial charge is 0.304 e. The Morgan fingerprint density at radius 1 is 0.967 bits per heavy atom. The second-order valence-electron chi connectivity index (χ2n) is 7.38. The Morgan fingerprint density at radius 3 is 2.63 bits per heavy atom. The Kier molecular flexibility index (Phi) is 4.55. The van der Waals surface area contributed by atoms with Gasteiger partial charge in [0.15, 0.2) is 0 Å². The van der Waals surface area contributed by atoms with Crippen molar-refractivity contribution in [1.29, 1.82) is 0 Å². The van der Waals surface area contributed by atoms with Crippen molar-refractivity contribution < 1.29 is 24.5 Å². The molecule has 1 aliphatic rings. The third-order valence-corrected chi connectivity index (χ3v) is 6.83. The molecular weight excluding hydrogens is 570 g/mol. The molecule has 1 aromatic heterocycles. The smallest absolute Gasteiger partial charge is 0.123 e. The van der Waals surface area contributed by atoms with Gasteiger partial charge in [-0.15, -0.1) is 53.2 Å². The van der Waals surface area contributed by atoms with Gasteiger partial charge in [0.2, 0.25) is 0 Å². The number of benzene rings is 4. The average Bonchev–Trinajstić information content (AvgIpc) is 2.74. The van der Waals surface area contributed by atoms with Gasteiger partial charge >= 0.3 is 0 Å². The first-order valence-electron chi connectivity index (χ1n) is 9.45. The summed E-state index contributed by atoms with van der Waals surface area (Å²) < 4.78 is 14.0. The van der Waals surface area contributed by atoms with Gasteiger partial charge in [-0.05, 0) is 62.3 Å². The van der Waals surface area contributed by atoms with Crippen molar-refractivity contribution in [2.75, 3.05) is 0 Å². The zero-order valence-electron chi connectivity index (χ0n) is 16.0. The predicted molar refractivity (Wildman–Crippen MR) is 120 cm³/mol. The molecular formula is C26H15FIrNS-. The first-order chi connectivity index (χ1) is 14.1. The Hall–Kier alpha value is -2.52. The van der Waals surface area contributed by atoms with Crippen LogP contribution in [0.3, 0.4) is 0 Å². The average molecular weight is 585 g/mol. The van der Waals surface area contributed by atoms with Gasteiger partial charge in [0.1, 0.15) is 5.82 Å². The van der Waals surface area contributed by atoms with E-state index >= 15 is 0 Å². The molecule has 0 bridgehead atoms. The number of rotatable bonds is 1. The van der Waals surface area contributed by atoms with Crippen LogP contribution in [0, 0.1) is 18.8 Å². The van der Waals surface area contributed by atoms with E-state index in [0.29, 0.717) is 0 Å². The fraction of sp³-hybridized carbons (Fsp3) is 0.0385. The second-order valence-corrected chi connectivity index (χ2v) is 8.46. The van der Waals surface area contributed by atoms with Gasteiger partial charge in [0, 0.05) is 31.2 Å². The van der Waals surface area contributed by atoms with Gasteiger partial charge in [-0.25, -0.2) is 4.39 Å². The minimum Gasteiger partial charge on any atom is -0.304 e. The van der Waals surface area contributed by atoms with Crippen LogP contribution < -0.4 is 0 Å². The number of hydrogen-bond donors (Lipinski definition) is 0. The summed E-state index contributed by atoms with van der Waals surface area (Å²) in [4.78, 5) is 7.00. The van der Waals surface area contributed by atoms with E-state index in [4.69, 9.17) is 4.98 Å². The summed E-state index contributed by atoms with van der Waals surface area (Å²) in [5.74, 6) is -0.215. The van der Waals surface area contributed by atoms with Crippen LogP contribution in [0.1, 0.15) is 11.1 Å². The molecule has 4 heteroatoms. The number of pyridine rings is 1. The minimum atomic E-state index is -0.215. The SMILES string of the molecule is C=Cc1cc2c([c-]c1C)-c1nccc3c1c(cc1c4cc(F)ccc4ccc31)S2.[Ir]. The van der Waals surface area contributed by atoms with Crippen LogP contribution in [0.4, 0.5) is 4.39 Å². The Morgan fingerprint density at radius 2 is 1.80 bits per heavy atom. The van der Waals surface area contributed by atoms with Crippen molar-refractivity contribution in [3.63, 3.8) is 0 Å². The Balaban J connectivity index is 0.00000193. The van der Waals surface area contributed by atoms with E-state index in [9.17, 15) is 4.39 Å². The van der Waals surface area contributed by atoms with E-state index in [1.807, 2.05) is 18.3 Å². The molecule has 0 saturated heterocycles. The topological polar surface area (TPSA) is 12.9 Å². The molecule has 2 heterocycles. The van der Waals surface area contributed by atoms with Crippen molar-refractivity contribution >= 4 is 50.2 Å². The first-order valence-corrected chi connectivity index (χ1v) is 10.3. The number of nitrogens with zero attached hydrogens (tertiary/aromatic N) is 1. The zero-order chi connectivity index (χ0) is 19.7. The van der Waals surface area contributed by atoms with Crippen LogP contribution in [0.5, 0.6) is 0 Å². The fourth-order valence-electron chi connectivity index (χ4n) is 4.34. The minimum absolute atomic E-state index is 0. The number of aryl methyl sites for hydroxylation is 1. The van der Waals surface area contributed by atoms with E-state index < -0.39 is 0 Å². The molecule has 147 valence electrons. The molecule has 0 amide bonds. The summed E-state index contributed by atoms with van der Waals surface area (Å²) in [5.41, 5.74) is 4.16. The summed E-state index contributed by atoms with van der Waals surface area (Å²) in [6.45, 7) is 5.98. The van der Waals surface area contributed by atoms with Crippen LogP contribution in [0.15, 0.2) is 71.1 Å². The molecule has 1 aliphatic heterocycles. The van der Waals surface area contributed by atoms with Gasteiger partial charge < -0.3 is 4.98 Å². The summed E-state index contributed by atoms with van der Waals surface area (Å²) in [7, 11) is 0. The second kappa shape index (κ2) is 7.02. The molecule has 0 N–H and O–H groups in total. The summed E-state index contributed by atoms with van der Waals surface area (Å²) in [6.07, 6.45) is 3.73. The van der Waals surface area contributed by atoms with Crippen molar-refractivity contribution in [2.45, 2.75) is 16.7 Å². The predicted octanol–water partition coefficient (Wildman–Crippen LogP) is 7.56. The molecule has 5 aromatic rings. The summed E-state index contributed by atoms with van der Waals surface area (Å²) >= 11 is 1.73. The van der Waals surface area contributed by atoms with Gasteiger partial charge in [-0.1, -0.05) is 30.0 Å². The van der Waals surface area contributed by atoms with Crippen LogP contribution in [0.25, 0.3) is 49.7 Å². The maximum absolute atomic E-state index is 14.0. The van der Waals surface area contributed by atoms with Crippen LogP contribution in [0.2, 0.25) is 0 Å². The van der Waals surface area contributed by atoms with Crippen LogP contribution in [-0.4, -0.2) is 4.98 Å². The van der Waals surface area contributed by atoms with Crippen molar-refractivity contribution in [3.05, 3.63) is 84.3 Å². The van der Waals surface area contributed by atoms with Gasteiger partial charge in [0.25, 0.3) is 0 Å². The molecule has 0 spiro atoms. The van der Waals surface area contributed by atoms with Crippen LogP contribution in [-0.2, 0) is 20.1 Å². The molecule has 4 aromatic carbocycles. The van der Waals surface area contributed by atoms with E-state index in [0.717, 1.165) is 64.5 Å². The number of fused-ring (bicyclic) bond motifs is 6. The molecule has 0 saturated carbocycles. The molecule has 30 heavy (non-hydrogen) atoms. The van der Waals surface area contributed by atoms with Gasteiger partial charge in [-0.2, -0.15) is 0 Å². The molecule has 0 atom stereocenters. The third-order valence-electron chi connectivity index (χ3n) is 5.74. The Labute approximate surface area is 191 Å². The maximum Gasteiger partial charge on any atom is 0.123 e.